The molecule has 0 atom stereocenters. The molecule has 1 aromatic carbocycles. The molecule has 1 fully saturated rings. The molecule has 1 heterocycles. The quantitative estimate of drug-likeness (QED) is 0.848. The van der Waals surface area contributed by atoms with Crippen LogP contribution in [0.5, 0.6) is 5.75 Å². The van der Waals surface area contributed by atoms with Crippen LogP contribution in [0, 0.1) is 5.92 Å². The van der Waals surface area contributed by atoms with Crippen molar-refractivity contribution in [3.8, 4) is 5.75 Å². The molecule has 0 aliphatic heterocycles. The number of pyridine rings is 1. The first-order valence-electron chi connectivity index (χ1n) is 6.14. The van der Waals surface area contributed by atoms with E-state index in [1.807, 2.05) is 18.3 Å². The molecule has 0 bridgehead atoms. The molecule has 2 N–H and O–H groups in total. The fourth-order valence-corrected chi connectivity index (χ4v) is 2.24. The van der Waals surface area contributed by atoms with E-state index in [1.54, 1.807) is 12.1 Å². The zero-order valence-electron chi connectivity index (χ0n) is 9.69. The van der Waals surface area contributed by atoms with E-state index < -0.39 is 0 Å². The topological polar surface area (TPSA) is 45.2 Å². The molecular weight excluding hydrogens is 212 g/mol. The molecule has 0 amide bonds. The standard InChI is InChI=1S/C14H16N2O/c17-12-5-4-11-6-7-15-14(13(11)8-12)16-9-10-2-1-3-10/h4-8,10,17H,1-3,9H2,(H,15,16). The highest BCUT2D eigenvalue weighted by molar-refractivity contribution is 5.92. The number of aromatic hydroxyl groups is 1. The summed E-state index contributed by atoms with van der Waals surface area (Å²) in [7, 11) is 0. The van der Waals surface area contributed by atoms with Gasteiger partial charge in [-0.3, -0.25) is 0 Å². The lowest BCUT2D eigenvalue weighted by molar-refractivity contribution is 0.333. The van der Waals surface area contributed by atoms with E-state index in [0.717, 1.165) is 29.1 Å². The maximum Gasteiger partial charge on any atom is 0.133 e. The summed E-state index contributed by atoms with van der Waals surface area (Å²) in [6, 6.07) is 7.35. The number of phenols is 1. The van der Waals surface area contributed by atoms with Gasteiger partial charge in [0.05, 0.1) is 0 Å². The number of rotatable bonds is 3. The maximum atomic E-state index is 9.53. The van der Waals surface area contributed by atoms with E-state index in [9.17, 15) is 5.11 Å². The number of hydrogen-bond acceptors (Lipinski definition) is 3. The lowest BCUT2D eigenvalue weighted by Crippen LogP contribution is -2.21. The van der Waals surface area contributed by atoms with E-state index in [0.29, 0.717) is 0 Å². The third-order valence-corrected chi connectivity index (χ3v) is 3.53. The molecule has 88 valence electrons. The van der Waals surface area contributed by atoms with Crippen molar-refractivity contribution in [2.75, 3.05) is 11.9 Å². The number of anilines is 1. The second-order valence-electron chi connectivity index (χ2n) is 4.74. The van der Waals surface area contributed by atoms with E-state index in [2.05, 4.69) is 10.3 Å². The van der Waals surface area contributed by atoms with Crippen LogP contribution in [-0.4, -0.2) is 16.6 Å². The van der Waals surface area contributed by atoms with Crippen molar-refractivity contribution in [1.82, 2.24) is 4.98 Å². The molecule has 3 rings (SSSR count). The van der Waals surface area contributed by atoms with E-state index in [4.69, 9.17) is 0 Å². The van der Waals surface area contributed by atoms with Gasteiger partial charge in [-0.25, -0.2) is 4.98 Å². The minimum absolute atomic E-state index is 0.289. The van der Waals surface area contributed by atoms with Crippen molar-refractivity contribution in [1.29, 1.82) is 0 Å². The first kappa shape index (κ1) is 10.4. The average molecular weight is 228 g/mol. The number of aromatic nitrogens is 1. The Bertz CT molecular complexity index is 535. The monoisotopic (exact) mass is 228 g/mol. The van der Waals surface area contributed by atoms with Crippen molar-refractivity contribution in [3.63, 3.8) is 0 Å². The minimum atomic E-state index is 0.289. The van der Waals surface area contributed by atoms with Gasteiger partial charge < -0.3 is 10.4 Å². The van der Waals surface area contributed by atoms with Crippen molar-refractivity contribution < 1.29 is 5.11 Å². The summed E-state index contributed by atoms with van der Waals surface area (Å²) < 4.78 is 0. The third-order valence-electron chi connectivity index (χ3n) is 3.53. The minimum Gasteiger partial charge on any atom is -0.508 e. The van der Waals surface area contributed by atoms with Gasteiger partial charge in [0.2, 0.25) is 0 Å². The first-order valence-corrected chi connectivity index (χ1v) is 6.14. The van der Waals surface area contributed by atoms with E-state index >= 15 is 0 Å². The zero-order chi connectivity index (χ0) is 11.7. The summed E-state index contributed by atoms with van der Waals surface area (Å²) >= 11 is 0. The number of phenolic OH excluding ortho intramolecular Hbond substituents is 1. The van der Waals surface area contributed by atoms with Crippen molar-refractivity contribution >= 4 is 16.6 Å². The summed E-state index contributed by atoms with van der Waals surface area (Å²) in [6.45, 7) is 0.988. The van der Waals surface area contributed by atoms with E-state index in [-0.39, 0.29) is 5.75 Å². The Balaban J connectivity index is 1.88. The normalized spacial score (nSPS) is 15.8. The van der Waals surface area contributed by atoms with Crippen LogP contribution in [0.15, 0.2) is 30.5 Å². The Morgan fingerprint density at radius 3 is 2.94 bits per heavy atom. The van der Waals surface area contributed by atoms with Crippen molar-refractivity contribution in [2.45, 2.75) is 19.3 Å². The molecule has 0 unspecified atom stereocenters. The summed E-state index contributed by atoms with van der Waals surface area (Å²) in [5.74, 6) is 1.96. The summed E-state index contributed by atoms with van der Waals surface area (Å²) in [4.78, 5) is 4.36. The van der Waals surface area contributed by atoms with Crippen LogP contribution in [-0.2, 0) is 0 Å². The fraction of sp³-hybridized carbons (Fsp3) is 0.357. The van der Waals surface area contributed by atoms with Gasteiger partial charge >= 0.3 is 0 Å². The number of nitrogens with zero attached hydrogens (tertiary/aromatic N) is 1. The summed E-state index contributed by atoms with van der Waals surface area (Å²) in [5.41, 5.74) is 0. The second-order valence-corrected chi connectivity index (χ2v) is 4.74. The Morgan fingerprint density at radius 1 is 1.29 bits per heavy atom. The highest BCUT2D eigenvalue weighted by Crippen LogP contribution is 2.28. The van der Waals surface area contributed by atoms with Gasteiger partial charge in [-0.2, -0.15) is 0 Å². The molecule has 17 heavy (non-hydrogen) atoms. The van der Waals surface area contributed by atoms with Gasteiger partial charge in [0.15, 0.2) is 0 Å². The number of hydrogen-bond donors (Lipinski definition) is 2. The molecule has 1 aliphatic carbocycles. The summed E-state index contributed by atoms with van der Waals surface area (Å²) in [6.07, 6.45) is 5.81. The number of nitrogens with one attached hydrogen (secondary N) is 1. The Morgan fingerprint density at radius 2 is 2.18 bits per heavy atom. The summed E-state index contributed by atoms with van der Waals surface area (Å²) in [5, 5.41) is 15.0. The van der Waals surface area contributed by atoms with Crippen LogP contribution in [0.2, 0.25) is 0 Å². The van der Waals surface area contributed by atoms with Crippen molar-refractivity contribution in [2.24, 2.45) is 5.92 Å². The average Bonchev–Trinajstić information content (AvgIpc) is 2.27. The highest BCUT2D eigenvalue weighted by Gasteiger charge is 2.17. The molecule has 3 nitrogen and oxygen atoms in total. The highest BCUT2D eigenvalue weighted by atomic mass is 16.3. The molecule has 0 saturated heterocycles. The van der Waals surface area contributed by atoms with Gasteiger partial charge in [0, 0.05) is 18.1 Å². The second kappa shape index (κ2) is 4.24. The first-order chi connectivity index (χ1) is 8.33. The largest absolute Gasteiger partial charge is 0.508 e. The smallest absolute Gasteiger partial charge is 0.133 e. The Kier molecular flexibility index (Phi) is 2.59. The molecule has 0 spiro atoms. The molecule has 1 aromatic heterocycles. The molecule has 3 heteroatoms. The van der Waals surface area contributed by atoms with Crippen LogP contribution in [0.3, 0.4) is 0 Å². The molecular formula is C14H16N2O. The molecule has 1 saturated carbocycles. The fourth-order valence-electron chi connectivity index (χ4n) is 2.24. The predicted octanol–water partition coefficient (Wildman–Crippen LogP) is 3.15. The molecule has 0 radical (unpaired) electrons. The van der Waals surface area contributed by atoms with Gasteiger partial charge in [-0.15, -0.1) is 0 Å². The lowest BCUT2D eigenvalue weighted by Gasteiger charge is -2.25. The van der Waals surface area contributed by atoms with Crippen molar-refractivity contribution in [3.05, 3.63) is 30.5 Å². The molecule has 2 aromatic rings. The Labute approximate surface area is 100 Å². The number of fused-ring (bicyclic) bond motifs is 1. The van der Waals surface area contributed by atoms with Crippen LogP contribution in [0.4, 0.5) is 5.82 Å². The predicted molar refractivity (Wildman–Crippen MR) is 69.2 cm³/mol. The van der Waals surface area contributed by atoms with Crippen LogP contribution >= 0.6 is 0 Å². The van der Waals surface area contributed by atoms with Gasteiger partial charge in [0.1, 0.15) is 11.6 Å². The van der Waals surface area contributed by atoms with Crippen LogP contribution in [0.1, 0.15) is 19.3 Å². The lowest BCUT2D eigenvalue weighted by atomic mass is 9.85. The van der Waals surface area contributed by atoms with Crippen LogP contribution in [0.25, 0.3) is 10.8 Å². The van der Waals surface area contributed by atoms with Gasteiger partial charge in [-0.05, 0) is 42.3 Å². The maximum absolute atomic E-state index is 9.53. The SMILES string of the molecule is Oc1ccc2ccnc(NCC3CCC3)c2c1. The van der Waals surface area contributed by atoms with E-state index in [1.165, 1.54) is 19.3 Å². The van der Waals surface area contributed by atoms with Crippen LogP contribution < -0.4 is 5.32 Å². The molecule has 1 aliphatic rings. The number of benzene rings is 1. The van der Waals surface area contributed by atoms with Gasteiger partial charge in [0.25, 0.3) is 0 Å². The third kappa shape index (κ3) is 2.05. The van der Waals surface area contributed by atoms with Gasteiger partial charge in [-0.1, -0.05) is 12.5 Å². The zero-order valence-corrected chi connectivity index (χ0v) is 9.69. The Hall–Kier alpha value is -1.77.